The summed E-state index contributed by atoms with van der Waals surface area (Å²) in [5.41, 5.74) is 1.45. The molecule has 0 amide bonds. The van der Waals surface area contributed by atoms with Crippen LogP contribution in [0, 0.1) is 0 Å². The van der Waals surface area contributed by atoms with Crippen molar-refractivity contribution in [3.8, 4) is 0 Å². The lowest BCUT2D eigenvalue weighted by molar-refractivity contribution is -0.132. The van der Waals surface area contributed by atoms with Crippen LogP contribution in [-0.4, -0.2) is 15.6 Å². The van der Waals surface area contributed by atoms with Gasteiger partial charge >= 0.3 is 11.7 Å². The van der Waals surface area contributed by atoms with E-state index in [1.54, 1.807) is 31.2 Å². The highest BCUT2D eigenvalue weighted by atomic mass is 16.4. The third-order valence-corrected chi connectivity index (χ3v) is 2.75. The number of carboxylic acids is 1. The number of carbonyl (C=O) groups is 1. The van der Waals surface area contributed by atoms with Crippen LogP contribution in [0.25, 0.3) is 11.1 Å². The van der Waals surface area contributed by atoms with E-state index in [0.29, 0.717) is 17.5 Å². The minimum atomic E-state index is -0.960. The van der Waals surface area contributed by atoms with Crippen molar-refractivity contribution in [2.75, 3.05) is 0 Å². The number of benzene rings is 1. The number of carboxylic acid groups (broad SMARTS) is 1. The Morgan fingerprint density at radius 3 is 2.83 bits per heavy atom. The molecule has 0 atom stereocenters. The van der Waals surface area contributed by atoms with Crippen molar-refractivity contribution in [1.29, 1.82) is 0 Å². The fraction of sp³-hybridized carbons (Fsp3) is 0.231. The summed E-state index contributed by atoms with van der Waals surface area (Å²) in [6.45, 7) is 1.96. The summed E-state index contributed by atoms with van der Waals surface area (Å²) in [4.78, 5) is 22.5. The van der Waals surface area contributed by atoms with Crippen molar-refractivity contribution in [3.63, 3.8) is 0 Å². The Kier molecular flexibility index (Phi) is 3.32. The molecule has 0 fully saturated rings. The molecule has 2 rings (SSSR count). The Morgan fingerprint density at radius 1 is 1.44 bits per heavy atom. The zero-order valence-corrected chi connectivity index (χ0v) is 9.92. The van der Waals surface area contributed by atoms with Gasteiger partial charge in [0.25, 0.3) is 0 Å². The van der Waals surface area contributed by atoms with Crippen molar-refractivity contribution >= 4 is 17.1 Å². The monoisotopic (exact) mass is 247 g/mol. The van der Waals surface area contributed by atoms with Gasteiger partial charge in [0.15, 0.2) is 5.58 Å². The molecule has 94 valence electrons. The van der Waals surface area contributed by atoms with Gasteiger partial charge in [0.05, 0.1) is 5.52 Å². The molecule has 2 aromatic rings. The summed E-state index contributed by atoms with van der Waals surface area (Å²) in [6.07, 6.45) is 1.95. The first-order chi connectivity index (χ1) is 8.63. The predicted molar refractivity (Wildman–Crippen MR) is 66.5 cm³/mol. The number of allylic oxidation sites excluding steroid dienone is 1. The molecule has 1 aromatic carbocycles. The van der Waals surface area contributed by atoms with E-state index in [4.69, 9.17) is 9.52 Å². The second-order valence-corrected chi connectivity index (χ2v) is 3.83. The molecule has 5 heteroatoms. The first-order valence-corrected chi connectivity index (χ1v) is 5.64. The van der Waals surface area contributed by atoms with Crippen LogP contribution in [0.4, 0.5) is 0 Å². The Labute approximate surface area is 103 Å². The number of aliphatic carboxylic acids is 1. The molecule has 0 spiro atoms. The fourth-order valence-electron chi connectivity index (χ4n) is 1.77. The van der Waals surface area contributed by atoms with Crippen LogP contribution in [0.15, 0.2) is 45.1 Å². The predicted octanol–water partition coefficient (Wildman–Crippen LogP) is 2.02. The number of para-hydroxylation sites is 2. The van der Waals surface area contributed by atoms with Gasteiger partial charge in [-0.05, 0) is 18.6 Å². The maximum absolute atomic E-state index is 11.6. The fourth-order valence-corrected chi connectivity index (χ4v) is 1.77. The summed E-state index contributed by atoms with van der Waals surface area (Å²) < 4.78 is 6.47. The summed E-state index contributed by atoms with van der Waals surface area (Å²) in [6, 6.07) is 7.05. The van der Waals surface area contributed by atoms with Gasteiger partial charge in [-0.25, -0.2) is 9.59 Å². The number of hydrogen-bond donors (Lipinski definition) is 1. The van der Waals surface area contributed by atoms with Crippen molar-refractivity contribution in [3.05, 3.63) is 46.5 Å². The first-order valence-electron chi connectivity index (χ1n) is 5.64. The lowest BCUT2D eigenvalue weighted by atomic mass is 10.2. The van der Waals surface area contributed by atoms with Crippen molar-refractivity contribution in [2.45, 2.75) is 19.9 Å². The molecular weight excluding hydrogens is 234 g/mol. The van der Waals surface area contributed by atoms with Crippen molar-refractivity contribution in [1.82, 2.24) is 4.57 Å². The molecular formula is C13H13NO4. The topological polar surface area (TPSA) is 72.4 Å². The second kappa shape index (κ2) is 4.91. The van der Waals surface area contributed by atoms with Crippen LogP contribution in [0.2, 0.25) is 0 Å². The van der Waals surface area contributed by atoms with Gasteiger partial charge in [-0.1, -0.05) is 25.1 Å². The number of fused-ring (bicyclic) bond motifs is 1. The highest BCUT2D eigenvalue weighted by Gasteiger charge is 2.08. The smallest absolute Gasteiger partial charge is 0.420 e. The zero-order chi connectivity index (χ0) is 13.1. The Balaban J connectivity index is 2.41. The molecule has 1 heterocycles. The Morgan fingerprint density at radius 2 is 2.17 bits per heavy atom. The zero-order valence-electron chi connectivity index (χ0n) is 9.92. The summed E-state index contributed by atoms with van der Waals surface area (Å²) >= 11 is 0. The Bertz CT molecular complexity index is 663. The molecule has 0 bridgehead atoms. The van der Waals surface area contributed by atoms with Crippen LogP contribution >= 0.6 is 0 Å². The van der Waals surface area contributed by atoms with E-state index in [1.807, 2.05) is 0 Å². The van der Waals surface area contributed by atoms with Crippen LogP contribution in [0.1, 0.15) is 13.3 Å². The molecule has 0 saturated heterocycles. The van der Waals surface area contributed by atoms with E-state index in [-0.39, 0.29) is 12.1 Å². The number of rotatable bonds is 4. The second-order valence-electron chi connectivity index (χ2n) is 3.83. The van der Waals surface area contributed by atoms with Crippen molar-refractivity contribution in [2.24, 2.45) is 0 Å². The third kappa shape index (κ3) is 2.20. The normalized spacial score (nSPS) is 11.9. The summed E-state index contributed by atoms with van der Waals surface area (Å²) in [5.74, 6) is -1.44. The van der Waals surface area contributed by atoms with E-state index >= 15 is 0 Å². The largest absolute Gasteiger partial charge is 0.478 e. The van der Waals surface area contributed by atoms with E-state index in [1.165, 1.54) is 10.6 Å². The molecule has 1 N–H and O–H groups in total. The number of hydrogen-bond acceptors (Lipinski definition) is 3. The first kappa shape index (κ1) is 12.2. The van der Waals surface area contributed by atoms with E-state index in [2.05, 4.69) is 0 Å². The highest BCUT2D eigenvalue weighted by molar-refractivity contribution is 5.86. The minimum absolute atomic E-state index is 0.200. The molecule has 0 aliphatic rings. The Hall–Kier alpha value is -2.30. The summed E-state index contributed by atoms with van der Waals surface area (Å²) in [7, 11) is 0. The van der Waals surface area contributed by atoms with Gasteiger partial charge in [0.2, 0.25) is 0 Å². The van der Waals surface area contributed by atoms with Crippen LogP contribution < -0.4 is 5.76 Å². The van der Waals surface area contributed by atoms with Gasteiger partial charge in [-0.15, -0.1) is 0 Å². The quantitative estimate of drug-likeness (QED) is 0.839. The molecule has 0 radical (unpaired) electrons. The molecule has 0 aliphatic carbocycles. The lowest BCUT2D eigenvalue weighted by Gasteiger charge is -1.99. The standard InChI is InChI=1S/C13H13NO4/c1-2-9(12(15)16)7-8-14-10-5-3-4-6-11(10)18-13(14)17/h3-7H,2,8H2,1H3,(H,15,16). The maximum Gasteiger partial charge on any atom is 0.420 e. The average molecular weight is 247 g/mol. The molecule has 5 nitrogen and oxygen atoms in total. The average Bonchev–Trinajstić information content (AvgIpc) is 2.66. The van der Waals surface area contributed by atoms with Gasteiger partial charge in [-0.3, -0.25) is 4.57 Å². The van der Waals surface area contributed by atoms with Crippen LogP contribution in [-0.2, 0) is 11.3 Å². The number of oxazole rings is 1. The lowest BCUT2D eigenvalue weighted by Crippen LogP contribution is -2.14. The molecule has 18 heavy (non-hydrogen) atoms. The van der Waals surface area contributed by atoms with Gasteiger partial charge < -0.3 is 9.52 Å². The molecule has 0 saturated carbocycles. The van der Waals surface area contributed by atoms with Gasteiger partial charge in [0, 0.05) is 12.1 Å². The molecule has 0 unspecified atom stereocenters. The third-order valence-electron chi connectivity index (χ3n) is 2.75. The van der Waals surface area contributed by atoms with Gasteiger partial charge in [0.1, 0.15) is 0 Å². The van der Waals surface area contributed by atoms with Crippen LogP contribution in [0.5, 0.6) is 0 Å². The van der Waals surface area contributed by atoms with Crippen molar-refractivity contribution < 1.29 is 14.3 Å². The highest BCUT2D eigenvalue weighted by Crippen LogP contribution is 2.12. The van der Waals surface area contributed by atoms with E-state index < -0.39 is 11.7 Å². The number of aromatic nitrogens is 1. The van der Waals surface area contributed by atoms with E-state index in [0.717, 1.165) is 0 Å². The maximum atomic E-state index is 11.6. The minimum Gasteiger partial charge on any atom is -0.478 e. The van der Waals surface area contributed by atoms with Crippen LogP contribution in [0.3, 0.4) is 0 Å². The van der Waals surface area contributed by atoms with Gasteiger partial charge in [-0.2, -0.15) is 0 Å². The van der Waals surface area contributed by atoms with E-state index in [9.17, 15) is 9.59 Å². The molecule has 0 aliphatic heterocycles. The molecule has 1 aromatic heterocycles. The summed E-state index contributed by atoms with van der Waals surface area (Å²) in [5, 5.41) is 8.91. The SMILES string of the molecule is CCC(=CCn1c(=O)oc2ccccc21)C(=O)O. The number of nitrogens with zero attached hydrogens (tertiary/aromatic N) is 1.